The average Bonchev–Trinajstić information content (AvgIpc) is 2.43. The zero-order valence-corrected chi connectivity index (χ0v) is 11.9. The minimum atomic E-state index is -0.851. The molecule has 2 unspecified atom stereocenters. The topological polar surface area (TPSA) is 70.8 Å². The van der Waals surface area contributed by atoms with Crippen LogP contribution in [0.15, 0.2) is 17.9 Å². The van der Waals surface area contributed by atoms with Crippen LogP contribution in [0.3, 0.4) is 0 Å². The number of benzene rings is 1. The van der Waals surface area contributed by atoms with Crippen LogP contribution >= 0.6 is 0 Å². The van der Waals surface area contributed by atoms with Gasteiger partial charge < -0.3 is 14.2 Å². The first-order valence-electron chi connectivity index (χ1n) is 6.23. The smallest absolute Gasteiger partial charge is 0.250 e. The number of rotatable bonds is 4. The summed E-state index contributed by atoms with van der Waals surface area (Å²) in [4.78, 5) is 10.7. The molecule has 0 aliphatic carbocycles. The lowest BCUT2D eigenvalue weighted by atomic mass is 9.94. The Morgan fingerprint density at radius 1 is 1.35 bits per heavy atom. The molecule has 2 atom stereocenters. The maximum absolute atomic E-state index is 11.0. The molecule has 2 rings (SSSR count). The van der Waals surface area contributed by atoms with Crippen LogP contribution in [-0.2, 0) is 4.74 Å². The molecule has 0 saturated carbocycles. The first-order valence-corrected chi connectivity index (χ1v) is 6.23. The monoisotopic (exact) mass is 279 g/mol. The zero-order valence-electron chi connectivity index (χ0n) is 11.9. The summed E-state index contributed by atoms with van der Waals surface area (Å²) in [6, 6.07) is 2.66. The van der Waals surface area contributed by atoms with E-state index in [0.29, 0.717) is 17.3 Å². The van der Waals surface area contributed by atoms with Crippen molar-refractivity contribution in [3.05, 3.63) is 39.1 Å². The molecule has 6 nitrogen and oxygen atoms in total. The average molecular weight is 279 g/mol. The summed E-state index contributed by atoms with van der Waals surface area (Å²) in [5.74, 6) is 1.76. The molecule has 0 N–H and O–H groups in total. The molecule has 0 fully saturated rings. The first-order chi connectivity index (χ1) is 9.49. The number of hydrogen-bond donors (Lipinski definition) is 0. The maximum Gasteiger partial charge on any atom is 0.250 e. The van der Waals surface area contributed by atoms with Gasteiger partial charge in [-0.15, -0.1) is 0 Å². The van der Waals surface area contributed by atoms with Gasteiger partial charge in [0.05, 0.1) is 20.0 Å². The molecule has 0 saturated heterocycles. The third-order valence-electron chi connectivity index (χ3n) is 3.36. The molecule has 1 aliphatic heterocycles. The second-order valence-corrected chi connectivity index (χ2v) is 4.62. The summed E-state index contributed by atoms with van der Waals surface area (Å²) < 4.78 is 16.3. The molecule has 1 aliphatic rings. The highest BCUT2D eigenvalue weighted by Gasteiger charge is 2.35. The van der Waals surface area contributed by atoms with E-state index < -0.39 is 12.1 Å². The number of methoxy groups -OCH3 is 2. The Balaban J connectivity index is 2.59. The van der Waals surface area contributed by atoms with Gasteiger partial charge in [0.15, 0.2) is 17.6 Å². The van der Waals surface area contributed by atoms with Crippen molar-refractivity contribution in [1.29, 1.82) is 0 Å². The minimum absolute atomic E-state index is 0.343. The van der Waals surface area contributed by atoms with Crippen LogP contribution in [0, 0.1) is 10.1 Å². The molecule has 6 heteroatoms. The van der Waals surface area contributed by atoms with Crippen molar-refractivity contribution < 1.29 is 19.1 Å². The highest BCUT2D eigenvalue weighted by atomic mass is 16.6. The van der Waals surface area contributed by atoms with Gasteiger partial charge >= 0.3 is 0 Å². The summed E-state index contributed by atoms with van der Waals surface area (Å²) in [6.07, 6.45) is 1.17. The SMILES string of the molecule is COc1ccc2c(c1OC)C=C(C)OC2C(C)[N+](=O)[O-]. The van der Waals surface area contributed by atoms with Crippen molar-refractivity contribution >= 4 is 6.08 Å². The van der Waals surface area contributed by atoms with Crippen LogP contribution in [0.2, 0.25) is 0 Å². The summed E-state index contributed by atoms with van der Waals surface area (Å²) >= 11 is 0. The molecular weight excluding hydrogens is 262 g/mol. The largest absolute Gasteiger partial charge is 0.493 e. The molecule has 0 spiro atoms. The van der Waals surface area contributed by atoms with E-state index in [1.165, 1.54) is 6.92 Å². The van der Waals surface area contributed by atoms with Gasteiger partial charge in [-0.25, -0.2) is 0 Å². The Labute approximate surface area is 117 Å². The van der Waals surface area contributed by atoms with E-state index in [4.69, 9.17) is 14.2 Å². The fraction of sp³-hybridized carbons (Fsp3) is 0.429. The zero-order chi connectivity index (χ0) is 14.9. The molecule has 1 aromatic rings. The van der Waals surface area contributed by atoms with Crippen LogP contribution in [0.1, 0.15) is 31.1 Å². The van der Waals surface area contributed by atoms with Crippen molar-refractivity contribution in [2.45, 2.75) is 26.0 Å². The summed E-state index contributed by atoms with van der Waals surface area (Å²) in [5.41, 5.74) is 1.51. The van der Waals surface area contributed by atoms with E-state index in [9.17, 15) is 10.1 Å². The minimum Gasteiger partial charge on any atom is -0.493 e. The predicted molar refractivity (Wildman–Crippen MR) is 73.5 cm³/mol. The van der Waals surface area contributed by atoms with E-state index in [2.05, 4.69) is 0 Å². The highest BCUT2D eigenvalue weighted by Crippen LogP contribution is 2.42. The lowest BCUT2D eigenvalue weighted by Gasteiger charge is -2.27. The van der Waals surface area contributed by atoms with Crippen molar-refractivity contribution in [3.8, 4) is 11.5 Å². The van der Waals surface area contributed by atoms with Crippen LogP contribution in [-0.4, -0.2) is 25.2 Å². The maximum atomic E-state index is 11.0. The van der Waals surface area contributed by atoms with Crippen LogP contribution in [0.4, 0.5) is 0 Å². The number of nitrogens with zero attached hydrogens (tertiary/aromatic N) is 1. The number of nitro groups is 1. The molecule has 1 heterocycles. The fourth-order valence-corrected chi connectivity index (χ4v) is 2.33. The second-order valence-electron chi connectivity index (χ2n) is 4.62. The summed E-state index contributed by atoms with van der Waals surface area (Å²) in [5, 5.41) is 11.0. The molecule has 0 amide bonds. The van der Waals surface area contributed by atoms with Crippen LogP contribution < -0.4 is 9.47 Å². The van der Waals surface area contributed by atoms with Crippen molar-refractivity contribution in [1.82, 2.24) is 0 Å². The van der Waals surface area contributed by atoms with Gasteiger partial charge in [0.2, 0.25) is 0 Å². The molecule has 0 bridgehead atoms. The first kappa shape index (κ1) is 14.2. The third-order valence-corrected chi connectivity index (χ3v) is 3.36. The van der Waals surface area contributed by atoms with Gasteiger partial charge in [-0.1, -0.05) is 6.07 Å². The van der Waals surface area contributed by atoms with Crippen molar-refractivity contribution in [2.75, 3.05) is 14.2 Å². The highest BCUT2D eigenvalue weighted by molar-refractivity contribution is 5.68. The molecule has 0 aromatic heterocycles. The Kier molecular flexibility index (Phi) is 3.83. The number of allylic oxidation sites excluding steroid dienone is 1. The van der Waals surface area contributed by atoms with Gasteiger partial charge in [-0.3, -0.25) is 10.1 Å². The third kappa shape index (κ3) is 2.29. The Morgan fingerprint density at radius 2 is 2.05 bits per heavy atom. The Morgan fingerprint density at radius 3 is 2.60 bits per heavy atom. The van der Waals surface area contributed by atoms with Crippen LogP contribution in [0.5, 0.6) is 11.5 Å². The van der Waals surface area contributed by atoms with E-state index >= 15 is 0 Å². The normalized spacial score (nSPS) is 18.4. The number of hydrogen-bond acceptors (Lipinski definition) is 5. The molecule has 1 aromatic carbocycles. The van der Waals surface area contributed by atoms with Crippen molar-refractivity contribution in [2.24, 2.45) is 0 Å². The Hall–Kier alpha value is -2.24. The van der Waals surface area contributed by atoms with E-state index in [-0.39, 0.29) is 4.92 Å². The lowest BCUT2D eigenvalue weighted by molar-refractivity contribution is -0.531. The van der Waals surface area contributed by atoms with E-state index in [0.717, 1.165) is 11.1 Å². The quantitative estimate of drug-likeness (QED) is 0.626. The molecule has 20 heavy (non-hydrogen) atoms. The van der Waals surface area contributed by atoms with Gasteiger partial charge in [-0.2, -0.15) is 0 Å². The van der Waals surface area contributed by atoms with Gasteiger partial charge in [0.25, 0.3) is 6.04 Å². The standard InChI is InChI=1S/C14H17NO5/c1-8-7-11-10(13(20-8)9(2)15(16)17)5-6-12(18-3)14(11)19-4/h5-7,9,13H,1-4H3. The fourth-order valence-electron chi connectivity index (χ4n) is 2.33. The van der Waals surface area contributed by atoms with Gasteiger partial charge in [0, 0.05) is 23.0 Å². The number of ether oxygens (including phenoxy) is 3. The summed E-state index contributed by atoms with van der Waals surface area (Å²) in [6.45, 7) is 3.30. The van der Waals surface area contributed by atoms with Gasteiger partial charge in [-0.05, 0) is 19.1 Å². The summed E-state index contributed by atoms with van der Waals surface area (Å²) in [7, 11) is 3.10. The van der Waals surface area contributed by atoms with Crippen molar-refractivity contribution in [3.63, 3.8) is 0 Å². The predicted octanol–water partition coefficient (Wildman–Crippen LogP) is 2.80. The molecule has 108 valence electrons. The van der Waals surface area contributed by atoms with Crippen LogP contribution in [0.25, 0.3) is 6.08 Å². The van der Waals surface area contributed by atoms with Gasteiger partial charge in [0.1, 0.15) is 0 Å². The number of fused-ring (bicyclic) bond motifs is 1. The van der Waals surface area contributed by atoms with E-state index in [1.54, 1.807) is 39.4 Å². The molecule has 0 radical (unpaired) electrons. The van der Waals surface area contributed by atoms with E-state index in [1.807, 2.05) is 0 Å². The Bertz CT molecular complexity index is 567. The second kappa shape index (κ2) is 5.40. The lowest BCUT2D eigenvalue weighted by Crippen LogP contribution is -2.28. The molecular formula is C14H17NO5.